The Bertz CT molecular complexity index is 633. The molecular weight excluding hydrogens is 265 g/mol. The summed E-state index contributed by atoms with van der Waals surface area (Å²) in [6, 6.07) is 0. The van der Waals surface area contributed by atoms with Crippen LogP contribution in [0.5, 0.6) is 5.75 Å². The summed E-state index contributed by atoms with van der Waals surface area (Å²) in [7, 11) is 0. The largest absolute Gasteiger partial charge is 0.503 e. The summed E-state index contributed by atoms with van der Waals surface area (Å²) in [5.74, 6) is -0.419. The number of rotatable bonds is 2. The number of H-pyrrole nitrogens is 1. The topological polar surface area (TPSA) is 70.2 Å². The molecular formula is C12H13NNiO3. The number of aryl methyl sites for hydroxylation is 1. The van der Waals surface area contributed by atoms with Crippen molar-refractivity contribution >= 4 is 0 Å². The first-order chi connectivity index (χ1) is 7.49. The Morgan fingerprint density at radius 1 is 1.18 bits per heavy atom. The zero-order chi connectivity index (χ0) is 12.0. The summed E-state index contributed by atoms with van der Waals surface area (Å²) < 4.78 is 0. The number of aromatic nitrogens is 1. The fourth-order valence-corrected chi connectivity index (χ4v) is 2.18. The summed E-state index contributed by atoms with van der Waals surface area (Å²) in [4.78, 5) is 25.3. The van der Waals surface area contributed by atoms with Crippen LogP contribution in [0.25, 0.3) is 11.3 Å². The van der Waals surface area contributed by atoms with E-state index in [0.29, 0.717) is 5.69 Å². The molecule has 0 saturated heterocycles. The SMILES string of the molecule is CCc1c(C)[nH]c(-c2c(O)c(=O)c2=O)c1C.[Ni]. The minimum Gasteiger partial charge on any atom is -0.503 e. The van der Waals surface area contributed by atoms with Gasteiger partial charge in [0.15, 0.2) is 5.75 Å². The van der Waals surface area contributed by atoms with Crippen LogP contribution in [0.2, 0.25) is 0 Å². The number of hydrogen-bond acceptors (Lipinski definition) is 3. The first-order valence-corrected chi connectivity index (χ1v) is 5.19. The van der Waals surface area contributed by atoms with Crippen molar-refractivity contribution in [1.82, 2.24) is 4.98 Å². The molecule has 0 radical (unpaired) electrons. The van der Waals surface area contributed by atoms with Crippen LogP contribution < -0.4 is 10.9 Å². The Morgan fingerprint density at radius 2 is 1.76 bits per heavy atom. The molecule has 2 aromatic rings. The number of nitrogens with one attached hydrogen (secondary N) is 1. The Labute approximate surface area is 108 Å². The maximum absolute atomic E-state index is 11.3. The Morgan fingerprint density at radius 3 is 2.18 bits per heavy atom. The normalized spacial score (nSPS) is 10.5. The van der Waals surface area contributed by atoms with Crippen molar-refractivity contribution in [2.45, 2.75) is 27.2 Å². The van der Waals surface area contributed by atoms with Gasteiger partial charge in [-0.3, -0.25) is 9.59 Å². The quantitative estimate of drug-likeness (QED) is 0.639. The first kappa shape index (κ1) is 13.7. The first-order valence-electron chi connectivity index (χ1n) is 5.19. The van der Waals surface area contributed by atoms with Gasteiger partial charge in [0.25, 0.3) is 5.43 Å². The Balaban J connectivity index is 0.00000144. The van der Waals surface area contributed by atoms with Crippen LogP contribution in [0, 0.1) is 13.8 Å². The molecule has 0 unspecified atom stereocenters. The van der Waals surface area contributed by atoms with E-state index < -0.39 is 16.6 Å². The van der Waals surface area contributed by atoms with Crippen LogP contribution in [-0.2, 0) is 22.9 Å². The van der Waals surface area contributed by atoms with Gasteiger partial charge in [-0.15, -0.1) is 0 Å². The van der Waals surface area contributed by atoms with Gasteiger partial charge >= 0.3 is 0 Å². The molecule has 4 nitrogen and oxygen atoms in total. The fourth-order valence-electron chi connectivity index (χ4n) is 2.18. The zero-order valence-corrected chi connectivity index (χ0v) is 10.8. The minimum absolute atomic E-state index is 0. The monoisotopic (exact) mass is 277 g/mol. The van der Waals surface area contributed by atoms with Crippen LogP contribution in [0.1, 0.15) is 23.7 Å². The third-order valence-corrected chi connectivity index (χ3v) is 3.08. The standard InChI is InChI=1S/C12H13NO3.Ni/c1-4-7-5(2)9(13-6(7)3)8-10(14)12(16)11(8)15;/h13-14H,4H2,1-3H3;. The molecule has 1 heterocycles. The fraction of sp³-hybridized carbons (Fsp3) is 0.333. The molecule has 0 bridgehead atoms. The van der Waals surface area contributed by atoms with Gasteiger partial charge in [-0.05, 0) is 31.4 Å². The minimum atomic E-state index is -0.792. The molecule has 1 aromatic heterocycles. The van der Waals surface area contributed by atoms with Gasteiger partial charge in [-0.1, -0.05) is 6.92 Å². The molecule has 0 saturated carbocycles. The van der Waals surface area contributed by atoms with Gasteiger partial charge < -0.3 is 10.1 Å². The number of aromatic hydroxyl groups is 1. The van der Waals surface area contributed by atoms with Crippen molar-refractivity contribution in [1.29, 1.82) is 0 Å². The molecule has 0 fully saturated rings. The molecule has 0 spiro atoms. The molecule has 0 amide bonds. The molecule has 1 aromatic carbocycles. The van der Waals surface area contributed by atoms with E-state index in [1.807, 2.05) is 20.8 Å². The molecule has 0 aliphatic heterocycles. The molecule has 17 heavy (non-hydrogen) atoms. The smallest absolute Gasteiger partial charge is 0.268 e. The molecule has 2 N–H and O–H groups in total. The van der Waals surface area contributed by atoms with Crippen LogP contribution in [0.15, 0.2) is 9.59 Å². The summed E-state index contributed by atoms with van der Waals surface area (Å²) in [6.07, 6.45) is 0.852. The van der Waals surface area contributed by atoms with Crippen molar-refractivity contribution in [3.63, 3.8) is 0 Å². The van der Waals surface area contributed by atoms with Crippen LogP contribution in [0.3, 0.4) is 0 Å². The van der Waals surface area contributed by atoms with E-state index in [4.69, 9.17) is 0 Å². The van der Waals surface area contributed by atoms with Gasteiger partial charge in [0, 0.05) is 22.2 Å². The second-order valence-corrected chi connectivity index (χ2v) is 3.96. The zero-order valence-electron chi connectivity index (χ0n) is 9.79. The maximum Gasteiger partial charge on any atom is 0.268 e. The van der Waals surface area contributed by atoms with Gasteiger partial charge in [-0.2, -0.15) is 0 Å². The van der Waals surface area contributed by atoms with Gasteiger partial charge in [-0.25, -0.2) is 0 Å². The van der Waals surface area contributed by atoms with Gasteiger partial charge in [0.1, 0.15) is 0 Å². The van der Waals surface area contributed by atoms with Crippen LogP contribution in [0.4, 0.5) is 0 Å². The van der Waals surface area contributed by atoms with Crippen LogP contribution in [-0.4, -0.2) is 10.1 Å². The molecule has 0 aliphatic rings. The van der Waals surface area contributed by atoms with E-state index in [1.54, 1.807) is 0 Å². The summed E-state index contributed by atoms with van der Waals surface area (Å²) in [6.45, 7) is 5.82. The van der Waals surface area contributed by atoms with Crippen molar-refractivity contribution in [3.8, 4) is 17.0 Å². The predicted molar refractivity (Wildman–Crippen MR) is 61.7 cm³/mol. The predicted octanol–water partition coefficient (Wildman–Crippen LogP) is 1.16. The van der Waals surface area contributed by atoms with E-state index in [0.717, 1.165) is 23.2 Å². The Kier molecular flexibility index (Phi) is 3.63. The van der Waals surface area contributed by atoms with Crippen molar-refractivity contribution < 1.29 is 21.6 Å². The second kappa shape index (κ2) is 4.49. The molecule has 2 rings (SSSR count). The average Bonchev–Trinajstić information content (AvgIpc) is 2.54. The molecule has 0 atom stereocenters. The van der Waals surface area contributed by atoms with E-state index in [-0.39, 0.29) is 22.1 Å². The van der Waals surface area contributed by atoms with E-state index in [1.165, 1.54) is 0 Å². The second-order valence-electron chi connectivity index (χ2n) is 3.96. The molecule has 0 aliphatic carbocycles. The number of aromatic amines is 1. The third kappa shape index (κ3) is 1.75. The Hall–Kier alpha value is -1.35. The van der Waals surface area contributed by atoms with Crippen molar-refractivity contribution in [3.05, 3.63) is 37.3 Å². The van der Waals surface area contributed by atoms with E-state index >= 15 is 0 Å². The molecule has 5 heteroatoms. The summed E-state index contributed by atoms with van der Waals surface area (Å²) in [5.41, 5.74) is 2.35. The van der Waals surface area contributed by atoms with E-state index in [9.17, 15) is 14.7 Å². The molecule has 94 valence electrons. The van der Waals surface area contributed by atoms with Gasteiger partial charge in [0.2, 0.25) is 5.43 Å². The maximum atomic E-state index is 11.3. The van der Waals surface area contributed by atoms with Crippen molar-refractivity contribution in [2.75, 3.05) is 0 Å². The average molecular weight is 278 g/mol. The third-order valence-electron chi connectivity index (χ3n) is 3.08. The van der Waals surface area contributed by atoms with Crippen LogP contribution >= 0.6 is 0 Å². The summed E-state index contributed by atoms with van der Waals surface area (Å²) in [5, 5.41) is 9.39. The summed E-state index contributed by atoms with van der Waals surface area (Å²) >= 11 is 0. The van der Waals surface area contributed by atoms with Crippen molar-refractivity contribution in [2.24, 2.45) is 0 Å². The van der Waals surface area contributed by atoms with Gasteiger partial charge in [0.05, 0.1) is 11.3 Å². The number of hydrogen-bond donors (Lipinski definition) is 2. The van der Waals surface area contributed by atoms with E-state index in [2.05, 4.69) is 4.98 Å².